The van der Waals surface area contributed by atoms with Crippen LogP contribution in [0.2, 0.25) is 0 Å². The molecule has 0 aliphatic heterocycles. The van der Waals surface area contributed by atoms with E-state index in [4.69, 9.17) is 0 Å². The van der Waals surface area contributed by atoms with Crippen LogP contribution < -0.4 is 0 Å². The third-order valence-corrected chi connectivity index (χ3v) is 15.5. The fourth-order valence-electron chi connectivity index (χ4n) is 12.0. The van der Waals surface area contributed by atoms with Crippen LogP contribution in [0.5, 0.6) is 0 Å². The van der Waals surface area contributed by atoms with Crippen LogP contribution in [-0.2, 0) is 4.79 Å². The summed E-state index contributed by atoms with van der Waals surface area (Å²) >= 11 is 0. The second-order valence-electron chi connectivity index (χ2n) is 15.8. The predicted octanol–water partition coefficient (Wildman–Crippen LogP) is 8.26. The van der Waals surface area contributed by atoms with Gasteiger partial charge in [-0.05, 0) is 128 Å². The first-order chi connectivity index (χ1) is 16.5. The number of hydrogen-bond acceptors (Lipinski definition) is 2. The molecule has 3 heteroatoms. The second kappa shape index (κ2) is 7.64. The van der Waals surface area contributed by atoms with E-state index in [1.54, 1.807) is 0 Å². The quantitative estimate of drug-likeness (QED) is 0.362. The summed E-state index contributed by atoms with van der Waals surface area (Å²) in [4.78, 5) is 12.7. The molecular weight excluding hydrogens is 444 g/mol. The largest absolute Gasteiger partial charge is 0.481 e. The topological polar surface area (TPSA) is 57.5 Å². The third-order valence-electron chi connectivity index (χ3n) is 15.5. The second-order valence-corrected chi connectivity index (χ2v) is 15.8. The molecule has 2 N–H and O–H groups in total. The van der Waals surface area contributed by atoms with Crippen molar-refractivity contribution >= 4 is 5.97 Å². The lowest BCUT2D eigenvalue weighted by Gasteiger charge is -2.67. The van der Waals surface area contributed by atoms with Crippen LogP contribution in [-0.4, -0.2) is 22.3 Å². The Balaban J connectivity index is 1.47. The number of aliphatic hydroxyl groups is 1. The lowest BCUT2D eigenvalue weighted by atomic mass is 9.37. The Labute approximate surface area is 220 Å². The SMILES string of the molecule is C=C(CC[C@@H](C)[C@@]1(C)CC[C@@]2(C)[C@@H]3CC[C@]4(C)[C@]5(CC[C@H](O)[C@@]4(C)C(=O)O)C[C@@]35CC[C@@]21C)C(C)C. The maximum absolute atomic E-state index is 12.7. The van der Waals surface area contributed by atoms with Crippen molar-refractivity contribution in [1.82, 2.24) is 0 Å². The normalized spacial score (nSPS) is 54.2. The Morgan fingerprint density at radius 3 is 2.19 bits per heavy atom. The van der Waals surface area contributed by atoms with E-state index >= 15 is 0 Å². The average Bonchev–Trinajstić information content (AvgIpc) is 3.44. The van der Waals surface area contributed by atoms with Crippen LogP contribution in [0.1, 0.15) is 126 Å². The van der Waals surface area contributed by atoms with E-state index in [2.05, 4.69) is 55.0 Å². The Morgan fingerprint density at radius 2 is 1.58 bits per heavy atom. The molecule has 5 aliphatic rings. The number of fused-ring (bicyclic) bond motifs is 2. The highest BCUT2D eigenvalue weighted by Gasteiger charge is 2.87. The van der Waals surface area contributed by atoms with Crippen molar-refractivity contribution in [2.45, 2.75) is 132 Å². The maximum Gasteiger partial charge on any atom is 0.312 e. The molecule has 10 atom stereocenters. The number of carbonyl (C=O) groups is 1. The van der Waals surface area contributed by atoms with Gasteiger partial charge in [0.1, 0.15) is 0 Å². The Bertz CT molecular complexity index is 970. The van der Waals surface area contributed by atoms with Gasteiger partial charge >= 0.3 is 5.97 Å². The molecule has 0 bridgehead atoms. The van der Waals surface area contributed by atoms with Gasteiger partial charge in [-0.15, -0.1) is 0 Å². The summed E-state index contributed by atoms with van der Waals surface area (Å²) in [5.74, 6) is 1.15. The number of hydrogen-bond donors (Lipinski definition) is 2. The van der Waals surface area contributed by atoms with Crippen molar-refractivity contribution in [3.63, 3.8) is 0 Å². The van der Waals surface area contributed by atoms with Gasteiger partial charge in [0, 0.05) is 0 Å². The molecule has 0 amide bonds. The Hall–Kier alpha value is -0.830. The molecule has 36 heavy (non-hydrogen) atoms. The minimum absolute atomic E-state index is 0.0965. The number of rotatable bonds is 6. The molecule has 5 saturated carbocycles. The zero-order chi connectivity index (χ0) is 26.7. The highest BCUT2D eigenvalue weighted by atomic mass is 16.4. The molecule has 204 valence electrons. The molecule has 0 saturated heterocycles. The lowest BCUT2D eigenvalue weighted by molar-refractivity contribution is -0.222. The smallest absolute Gasteiger partial charge is 0.312 e. The lowest BCUT2D eigenvalue weighted by Crippen LogP contribution is -2.65. The van der Waals surface area contributed by atoms with Gasteiger partial charge in [0.15, 0.2) is 0 Å². The summed E-state index contributed by atoms with van der Waals surface area (Å²) in [6.07, 6.45) is 11.8. The number of carboxylic acids is 1. The van der Waals surface area contributed by atoms with Gasteiger partial charge in [-0.1, -0.05) is 60.6 Å². The fraction of sp³-hybridized carbons (Fsp3) is 0.909. The van der Waals surface area contributed by atoms with E-state index in [1.807, 2.05) is 6.92 Å². The van der Waals surface area contributed by atoms with Crippen LogP contribution >= 0.6 is 0 Å². The minimum atomic E-state index is -1.04. The fourth-order valence-corrected chi connectivity index (χ4v) is 12.0. The van der Waals surface area contributed by atoms with Crippen LogP contribution in [0.4, 0.5) is 0 Å². The third kappa shape index (κ3) is 2.68. The molecule has 0 unspecified atom stereocenters. The number of allylic oxidation sites excluding steroid dienone is 1. The highest BCUT2D eigenvalue weighted by Crippen LogP contribution is 2.92. The molecule has 0 heterocycles. The van der Waals surface area contributed by atoms with Crippen molar-refractivity contribution in [3.05, 3.63) is 12.2 Å². The molecule has 5 fully saturated rings. The van der Waals surface area contributed by atoms with Crippen LogP contribution in [0, 0.1) is 55.7 Å². The van der Waals surface area contributed by atoms with E-state index in [-0.39, 0.29) is 16.2 Å². The monoisotopic (exact) mass is 498 g/mol. The summed E-state index contributed by atoms with van der Waals surface area (Å²) in [5, 5.41) is 21.5. The highest BCUT2D eigenvalue weighted by molar-refractivity contribution is 5.77. The Kier molecular flexibility index (Phi) is 5.68. The van der Waals surface area contributed by atoms with Gasteiger partial charge in [0.05, 0.1) is 11.5 Å². The zero-order valence-electron chi connectivity index (χ0n) is 24.6. The molecule has 3 nitrogen and oxygen atoms in total. The van der Waals surface area contributed by atoms with Crippen molar-refractivity contribution in [2.24, 2.45) is 55.7 Å². The first-order valence-electron chi connectivity index (χ1n) is 15.1. The van der Waals surface area contributed by atoms with Crippen LogP contribution in [0.25, 0.3) is 0 Å². The van der Waals surface area contributed by atoms with Crippen molar-refractivity contribution in [1.29, 1.82) is 0 Å². The molecule has 0 aromatic carbocycles. The molecule has 5 rings (SSSR count). The van der Waals surface area contributed by atoms with Gasteiger partial charge in [-0.25, -0.2) is 0 Å². The zero-order valence-corrected chi connectivity index (χ0v) is 24.6. The van der Waals surface area contributed by atoms with E-state index in [0.717, 1.165) is 25.7 Å². The Morgan fingerprint density at radius 1 is 0.917 bits per heavy atom. The van der Waals surface area contributed by atoms with E-state index in [0.29, 0.717) is 40.4 Å². The van der Waals surface area contributed by atoms with E-state index < -0.39 is 17.5 Å². The maximum atomic E-state index is 12.7. The number of aliphatic carboxylic acids is 1. The van der Waals surface area contributed by atoms with Crippen molar-refractivity contribution < 1.29 is 15.0 Å². The molecular formula is C33H54O3. The number of aliphatic hydroxyl groups excluding tert-OH is 1. The molecule has 0 radical (unpaired) electrons. The summed E-state index contributed by atoms with van der Waals surface area (Å²) < 4.78 is 0. The van der Waals surface area contributed by atoms with E-state index in [1.165, 1.54) is 44.1 Å². The minimum Gasteiger partial charge on any atom is -0.481 e. The molecule has 0 aromatic heterocycles. The van der Waals surface area contributed by atoms with Gasteiger partial charge in [-0.3, -0.25) is 4.79 Å². The average molecular weight is 499 g/mol. The van der Waals surface area contributed by atoms with Gasteiger partial charge in [0.25, 0.3) is 0 Å². The van der Waals surface area contributed by atoms with Gasteiger partial charge < -0.3 is 10.2 Å². The summed E-state index contributed by atoms with van der Waals surface area (Å²) in [5.41, 5.74) is 1.37. The molecule has 2 spiro atoms. The van der Waals surface area contributed by atoms with Gasteiger partial charge in [-0.2, -0.15) is 0 Å². The van der Waals surface area contributed by atoms with Crippen molar-refractivity contribution in [3.8, 4) is 0 Å². The first kappa shape index (κ1) is 26.8. The van der Waals surface area contributed by atoms with Crippen molar-refractivity contribution in [2.75, 3.05) is 0 Å². The summed E-state index contributed by atoms with van der Waals surface area (Å²) in [7, 11) is 0. The summed E-state index contributed by atoms with van der Waals surface area (Å²) in [6, 6.07) is 0. The van der Waals surface area contributed by atoms with Crippen LogP contribution in [0.15, 0.2) is 12.2 Å². The number of carboxylic acid groups (broad SMARTS) is 1. The van der Waals surface area contributed by atoms with E-state index in [9.17, 15) is 15.0 Å². The molecule has 5 aliphatic carbocycles. The standard InChI is InChI=1S/C33H54O3/c1-21(2)22(3)10-11-23(4)27(5)16-17-28(6)24-12-14-30(8)31(9,26(35)36)25(34)13-15-33(30)20-32(24,33)19-18-29(27,28)7/h21,23-25,34H,3,10-20H2,1-2,4-9H3,(H,35,36)/t23-,24+,25+,27-,28+,29-,30+,31+,32+,33+/m1/s1. The first-order valence-corrected chi connectivity index (χ1v) is 15.1. The summed E-state index contributed by atoms with van der Waals surface area (Å²) in [6.45, 7) is 23.5. The van der Waals surface area contributed by atoms with Crippen LogP contribution in [0.3, 0.4) is 0 Å². The molecule has 0 aromatic rings. The van der Waals surface area contributed by atoms with Gasteiger partial charge in [0.2, 0.25) is 0 Å². The predicted molar refractivity (Wildman–Crippen MR) is 146 cm³/mol.